The van der Waals surface area contributed by atoms with Crippen molar-refractivity contribution in [3.05, 3.63) is 24.0 Å². The van der Waals surface area contributed by atoms with Crippen LogP contribution in [0, 0.1) is 5.82 Å². The highest BCUT2D eigenvalue weighted by atomic mass is 32.2. The molecule has 0 spiro atoms. The number of nitrogens with one attached hydrogen (secondary N) is 1. The maximum atomic E-state index is 13.5. The summed E-state index contributed by atoms with van der Waals surface area (Å²) < 4.78 is 65.3. The highest BCUT2D eigenvalue weighted by Gasteiger charge is 2.20. The molecule has 0 saturated heterocycles. The van der Waals surface area contributed by atoms with Crippen molar-refractivity contribution in [1.29, 1.82) is 0 Å². The lowest BCUT2D eigenvalue weighted by molar-refractivity contribution is -0.139. The third-order valence-electron chi connectivity index (χ3n) is 2.15. The summed E-state index contributed by atoms with van der Waals surface area (Å²) in [6.45, 7) is 1.48. The van der Waals surface area contributed by atoms with Crippen molar-refractivity contribution in [3.63, 3.8) is 0 Å². The van der Waals surface area contributed by atoms with Crippen LogP contribution in [0.25, 0.3) is 0 Å². The van der Waals surface area contributed by atoms with Crippen molar-refractivity contribution < 1.29 is 30.8 Å². The molecule has 1 aromatic rings. The molecule has 0 bridgehead atoms. The van der Waals surface area contributed by atoms with Crippen molar-refractivity contribution in [1.82, 2.24) is 0 Å². The maximum absolute atomic E-state index is 13.5. The van der Waals surface area contributed by atoms with Crippen molar-refractivity contribution in [2.45, 2.75) is 11.8 Å². The Morgan fingerprint density at radius 2 is 1.95 bits per heavy atom. The predicted molar refractivity (Wildman–Crippen MR) is 71.8 cm³/mol. The molecule has 8 nitrogen and oxygen atoms in total. The number of carbonyl (C=O) groups excluding carboxylic acids is 1. The summed E-state index contributed by atoms with van der Waals surface area (Å²) in [6, 6.07) is 2.34. The van der Waals surface area contributed by atoms with E-state index in [4.69, 9.17) is 5.14 Å². The molecule has 0 fully saturated rings. The molecule has 1 rings (SSSR count). The van der Waals surface area contributed by atoms with Gasteiger partial charge in [-0.25, -0.2) is 26.4 Å². The topological polar surface area (TPSA) is 133 Å². The van der Waals surface area contributed by atoms with Crippen LogP contribution in [-0.4, -0.2) is 35.2 Å². The van der Waals surface area contributed by atoms with Gasteiger partial charge in [0.05, 0.1) is 17.2 Å². The first kappa shape index (κ1) is 17.3. The fourth-order valence-corrected chi connectivity index (χ4v) is 2.82. The number of rotatable bonds is 6. The van der Waals surface area contributed by atoms with Gasteiger partial charge in [-0.05, 0) is 25.1 Å². The summed E-state index contributed by atoms with van der Waals surface area (Å²) in [5.41, 5.74) is -0.633. The second-order valence-electron chi connectivity index (χ2n) is 3.85. The Labute approximate surface area is 121 Å². The quantitative estimate of drug-likeness (QED) is 0.688. The Balaban J connectivity index is 3.04. The molecule has 0 atom stereocenters. The molecular weight excluding hydrogens is 327 g/mol. The van der Waals surface area contributed by atoms with Gasteiger partial charge < -0.3 is 4.74 Å². The smallest absolute Gasteiger partial charge is 0.323 e. The monoisotopic (exact) mass is 340 g/mol. The average molecular weight is 340 g/mol. The van der Waals surface area contributed by atoms with Gasteiger partial charge in [0, 0.05) is 0 Å². The van der Waals surface area contributed by atoms with Crippen molar-refractivity contribution in [2.75, 3.05) is 17.1 Å². The van der Waals surface area contributed by atoms with Gasteiger partial charge in [0.2, 0.25) is 20.0 Å². The third-order valence-corrected chi connectivity index (χ3v) is 4.20. The number of sulfonamides is 2. The van der Waals surface area contributed by atoms with Crippen molar-refractivity contribution >= 4 is 31.7 Å². The van der Waals surface area contributed by atoms with Crippen LogP contribution in [0.15, 0.2) is 23.1 Å². The Bertz CT molecular complexity index is 745. The lowest BCUT2D eigenvalue weighted by Crippen LogP contribution is -2.25. The molecule has 0 saturated carbocycles. The molecule has 0 aliphatic heterocycles. The zero-order chi connectivity index (χ0) is 16.3. The number of halogens is 1. The van der Waals surface area contributed by atoms with Gasteiger partial charge in [-0.3, -0.25) is 9.52 Å². The largest absolute Gasteiger partial charge is 0.465 e. The first-order valence-electron chi connectivity index (χ1n) is 5.53. The Morgan fingerprint density at radius 1 is 1.33 bits per heavy atom. The molecule has 11 heteroatoms. The molecule has 1 aromatic carbocycles. The highest BCUT2D eigenvalue weighted by Crippen LogP contribution is 2.20. The number of ether oxygens (including phenoxy) is 1. The van der Waals surface area contributed by atoms with Crippen LogP contribution in [0.1, 0.15) is 6.92 Å². The third kappa shape index (κ3) is 5.28. The van der Waals surface area contributed by atoms with Gasteiger partial charge in [-0.1, -0.05) is 0 Å². The van der Waals surface area contributed by atoms with E-state index >= 15 is 0 Å². The Morgan fingerprint density at radius 3 is 2.48 bits per heavy atom. The fraction of sp³-hybridized carbons (Fsp3) is 0.300. The van der Waals surface area contributed by atoms with E-state index in [0.717, 1.165) is 12.1 Å². The van der Waals surface area contributed by atoms with E-state index in [2.05, 4.69) is 4.74 Å². The number of anilines is 1. The summed E-state index contributed by atoms with van der Waals surface area (Å²) in [7, 11) is -8.36. The molecule has 0 radical (unpaired) electrons. The van der Waals surface area contributed by atoms with Gasteiger partial charge in [-0.2, -0.15) is 0 Å². The summed E-state index contributed by atoms with van der Waals surface area (Å²) in [6.07, 6.45) is 0. The number of carbonyl (C=O) groups is 1. The average Bonchev–Trinajstić information content (AvgIpc) is 2.29. The fourth-order valence-electron chi connectivity index (χ4n) is 1.32. The van der Waals surface area contributed by atoms with E-state index in [9.17, 15) is 26.0 Å². The number of benzene rings is 1. The molecule has 0 aliphatic carbocycles. The van der Waals surface area contributed by atoms with Crippen LogP contribution in [0.2, 0.25) is 0 Å². The summed E-state index contributed by atoms with van der Waals surface area (Å²) in [5.74, 6) is -3.07. The van der Waals surface area contributed by atoms with E-state index in [-0.39, 0.29) is 6.61 Å². The minimum absolute atomic E-state index is 0.0103. The maximum Gasteiger partial charge on any atom is 0.323 e. The highest BCUT2D eigenvalue weighted by molar-refractivity contribution is 7.93. The number of esters is 1. The van der Waals surface area contributed by atoms with Crippen molar-refractivity contribution in [3.8, 4) is 0 Å². The molecule has 0 aliphatic rings. The van der Waals surface area contributed by atoms with Gasteiger partial charge in [0.15, 0.2) is 5.75 Å². The lowest BCUT2D eigenvalue weighted by Gasteiger charge is -2.09. The van der Waals surface area contributed by atoms with E-state index in [0.29, 0.717) is 6.07 Å². The van der Waals surface area contributed by atoms with Crippen molar-refractivity contribution in [2.24, 2.45) is 5.14 Å². The molecule has 0 aromatic heterocycles. The zero-order valence-electron chi connectivity index (χ0n) is 10.9. The van der Waals surface area contributed by atoms with Crippen LogP contribution < -0.4 is 9.86 Å². The normalized spacial score (nSPS) is 12.0. The molecule has 3 N–H and O–H groups in total. The minimum Gasteiger partial charge on any atom is -0.465 e. The van der Waals surface area contributed by atoms with Gasteiger partial charge in [0.1, 0.15) is 5.82 Å². The molecule has 0 amide bonds. The zero-order valence-corrected chi connectivity index (χ0v) is 12.5. The molecule has 21 heavy (non-hydrogen) atoms. The Kier molecular flexibility index (Phi) is 5.25. The van der Waals surface area contributed by atoms with Crippen LogP contribution in [0.5, 0.6) is 0 Å². The summed E-state index contributed by atoms with van der Waals surface area (Å²) >= 11 is 0. The van der Waals surface area contributed by atoms with E-state index in [1.165, 1.54) is 6.92 Å². The van der Waals surface area contributed by atoms with Crippen LogP contribution in [-0.2, 0) is 29.6 Å². The predicted octanol–water partition coefficient (Wildman–Crippen LogP) is -0.222. The lowest BCUT2D eigenvalue weighted by atomic mass is 10.3. The summed E-state index contributed by atoms with van der Waals surface area (Å²) in [5, 5.41) is 4.86. The number of hydrogen-bond donors (Lipinski definition) is 2. The molecule has 0 heterocycles. The van der Waals surface area contributed by atoms with Crippen LogP contribution >= 0.6 is 0 Å². The summed E-state index contributed by atoms with van der Waals surface area (Å²) in [4.78, 5) is 10.6. The van der Waals surface area contributed by atoms with E-state index in [1.807, 2.05) is 0 Å². The second-order valence-corrected chi connectivity index (χ2v) is 7.14. The van der Waals surface area contributed by atoms with Gasteiger partial charge in [-0.15, -0.1) is 0 Å². The minimum atomic E-state index is -4.24. The number of nitrogens with two attached hydrogens (primary N) is 1. The number of hydrogen-bond acceptors (Lipinski definition) is 6. The first-order valence-corrected chi connectivity index (χ1v) is 8.73. The van der Waals surface area contributed by atoms with Gasteiger partial charge >= 0.3 is 5.97 Å². The molecule has 0 unspecified atom stereocenters. The van der Waals surface area contributed by atoms with Gasteiger partial charge in [0.25, 0.3) is 0 Å². The van der Waals surface area contributed by atoms with Crippen LogP contribution in [0.3, 0.4) is 0 Å². The standard InChI is InChI=1S/C10H13FN2O6S2/c1-2-19-10(14)6-20(15,16)13-9-5-7(21(12,17)18)3-4-8(9)11/h3-5,13H,2,6H2,1H3,(H2,12,17,18). The molecular formula is C10H13FN2O6S2. The van der Waals surface area contributed by atoms with E-state index < -0.39 is 48.2 Å². The second kappa shape index (κ2) is 6.37. The SMILES string of the molecule is CCOC(=O)CS(=O)(=O)Nc1cc(S(N)(=O)=O)ccc1F. The number of primary sulfonamides is 1. The Hall–Kier alpha value is -1.72. The van der Waals surface area contributed by atoms with Crippen LogP contribution in [0.4, 0.5) is 10.1 Å². The molecule has 118 valence electrons. The van der Waals surface area contributed by atoms with E-state index in [1.54, 1.807) is 4.72 Å². The first-order chi connectivity index (χ1) is 9.55.